The minimum Gasteiger partial charge on any atom is -0.496 e. The second-order valence-corrected chi connectivity index (χ2v) is 3.25. The average molecular weight is 227 g/mol. The maximum Gasteiger partial charge on any atom is 0.314 e. The molecule has 88 valence electrons. The molecule has 0 aliphatic rings. The van der Waals surface area contributed by atoms with Gasteiger partial charge in [0.1, 0.15) is 12.4 Å². The molecule has 1 atom stereocenters. The van der Waals surface area contributed by atoms with Crippen LogP contribution in [0.5, 0.6) is 11.5 Å². The Labute approximate surface area is 92.6 Å². The Morgan fingerprint density at radius 3 is 2.75 bits per heavy atom. The molecule has 1 aromatic carbocycles. The predicted octanol–water partition coefficient (Wildman–Crippen LogP) is 1.36. The number of aliphatic hydroxyl groups is 1. The van der Waals surface area contributed by atoms with Crippen LogP contribution in [-0.2, 0) is 0 Å². The van der Waals surface area contributed by atoms with Crippen molar-refractivity contribution < 1.29 is 19.5 Å². The Balaban J connectivity index is 2.94. The van der Waals surface area contributed by atoms with Crippen LogP contribution in [0.3, 0.4) is 0 Å². The van der Waals surface area contributed by atoms with E-state index in [0.29, 0.717) is 5.75 Å². The van der Waals surface area contributed by atoms with Crippen LogP contribution >= 0.6 is 0 Å². The van der Waals surface area contributed by atoms with Crippen LogP contribution in [-0.4, -0.2) is 29.9 Å². The van der Waals surface area contributed by atoms with Gasteiger partial charge in [-0.3, -0.25) is 10.1 Å². The number of nitro benzene ring substituents is 1. The van der Waals surface area contributed by atoms with E-state index in [1.54, 1.807) is 6.07 Å². The molecule has 0 spiro atoms. The smallest absolute Gasteiger partial charge is 0.314 e. The van der Waals surface area contributed by atoms with Gasteiger partial charge >= 0.3 is 5.69 Å². The van der Waals surface area contributed by atoms with Crippen LogP contribution < -0.4 is 9.47 Å². The lowest BCUT2D eigenvalue weighted by Crippen LogP contribution is -2.13. The van der Waals surface area contributed by atoms with Gasteiger partial charge in [-0.05, 0) is 19.1 Å². The van der Waals surface area contributed by atoms with Crippen LogP contribution in [0.1, 0.15) is 6.92 Å². The highest BCUT2D eigenvalue weighted by Gasteiger charge is 2.16. The number of methoxy groups -OCH3 is 1. The summed E-state index contributed by atoms with van der Waals surface area (Å²) in [5.41, 5.74) is -0.181. The van der Waals surface area contributed by atoms with Crippen molar-refractivity contribution in [1.29, 1.82) is 0 Å². The third-order valence-electron chi connectivity index (χ3n) is 1.84. The number of ether oxygens (including phenoxy) is 2. The van der Waals surface area contributed by atoms with Crippen molar-refractivity contribution in [3.63, 3.8) is 0 Å². The van der Waals surface area contributed by atoms with Crippen LogP contribution in [0.2, 0.25) is 0 Å². The SMILES string of the molecule is COc1ccc(OCC(C)O)c([N+](=O)[O-])c1. The molecule has 0 aromatic heterocycles. The van der Waals surface area contributed by atoms with Gasteiger partial charge in [0.25, 0.3) is 0 Å². The predicted molar refractivity (Wildman–Crippen MR) is 56.8 cm³/mol. The molecule has 1 aromatic rings. The zero-order chi connectivity index (χ0) is 12.1. The number of nitrogens with zero attached hydrogens (tertiary/aromatic N) is 1. The average Bonchev–Trinajstić information content (AvgIpc) is 2.25. The molecule has 16 heavy (non-hydrogen) atoms. The van der Waals surface area contributed by atoms with Crippen molar-refractivity contribution in [2.75, 3.05) is 13.7 Å². The Morgan fingerprint density at radius 2 is 2.25 bits per heavy atom. The largest absolute Gasteiger partial charge is 0.496 e. The van der Waals surface area contributed by atoms with Crippen molar-refractivity contribution in [3.05, 3.63) is 28.3 Å². The van der Waals surface area contributed by atoms with E-state index in [4.69, 9.17) is 14.6 Å². The number of aliphatic hydroxyl groups excluding tert-OH is 1. The molecule has 0 bridgehead atoms. The highest BCUT2D eigenvalue weighted by Crippen LogP contribution is 2.30. The van der Waals surface area contributed by atoms with E-state index in [9.17, 15) is 10.1 Å². The summed E-state index contributed by atoms with van der Waals surface area (Å²) in [4.78, 5) is 10.2. The summed E-state index contributed by atoms with van der Waals surface area (Å²) in [6.45, 7) is 1.54. The monoisotopic (exact) mass is 227 g/mol. The number of hydrogen-bond acceptors (Lipinski definition) is 5. The summed E-state index contributed by atoms with van der Waals surface area (Å²) in [6, 6.07) is 4.28. The molecule has 0 aliphatic heterocycles. The highest BCUT2D eigenvalue weighted by molar-refractivity contribution is 5.50. The zero-order valence-corrected chi connectivity index (χ0v) is 9.04. The summed E-state index contributed by atoms with van der Waals surface area (Å²) in [6.07, 6.45) is -0.679. The molecule has 1 rings (SSSR count). The van der Waals surface area contributed by atoms with Gasteiger partial charge < -0.3 is 14.6 Å². The van der Waals surface area contributed by atoms with Gasteiger partial charge in [-0.2, -0.15) is 0 Å². The normalized spacial score (nSPS) is 11.9. The van der Waals surface area contributed by atoms with E-state index in [0.717, 1.165) is 0 Å². The fraction of sp³-hybridized carbons (Fsp3) is 0.400. The van der Waals surface area contributed by atoms with Crippen LogP contribution in [0.25, 0.3) is 0 Å². The Hall–Kier alpha value is -1.82. The number of benzene rings is 1. The Bertz CT molecular complexity index is 377. The fourth-order valence-corrected chi connectivity index (χ4v) is 1.10. The van der Waals surface area contributed by atoms with Gasteiger partial charge in [-0.15, -0.1) is 0 Å². The third kappa shape index (κ3) is 3.09. The van der Waals surface area contributed by atoms with E-state index < -0.39 is 11.0 Å². The summed E-state index contributed by atoms with van der Waals surface area (Å²) < 4.78 is 9.99. The van der Waals surface area contributed by atoms with Gasteiger partial charge in [0.2, 0.25) is 0 Å². The number of nitro groups is 1. The molecule has 0 saturated carbocycles. The van der Waals surface area contributed by atoms with Crippen LogP contribution in [0.4, 0.5) is 5.69 Å². The lowest BCUT2D eigenvalue weighted by molar-refractivity contribution is -0.386. The standard InChI is InChI=1S/C10H13NO5/c1-7(12)6-16-10-4-3-8(15-2)5-9(10)11(13)14/h3-5,7,12H,6H2,1-2H3. The van der Waals surface area contributed by atoms with Gasteiger partial charge in [0.05, 0.1) is 24.2 Å². The van der Waals surface area contributed by atoms with Crippen molar-refractivity contribution in [2.24, 2.45) is 0 Å². The summed E-state index contributed by atoms with van der Waals surface area (Å²) >= 11 is 0. The fourth-order valence-electron chi connectivity index (χ4n) is 1.10. The van der Waals surface area contributed by atoms with Gasteiger partial charge in [-0.1, -0.05) is 0 Å². The molecule has 0 radical (unpaired) electrons. The molecule has 0 saturated heterocycles. The molecule has 0 amide bonds. The minimum absolute atomic E-state index is 0.00711. The van der Waals surface area contributed by atoms with Gasteiger partial charge in [0, 0.05) is 0 Å². The molecule has 0 heterocycles. The summed E-state index contributed by atoms with van der Waals surface area (Å²) in [5.74, 6) is 0.503. The first-order chi connectivity index (χ1) is 7.54. The van der Waals surface area contributed by atoms with Gasteiger partial charge in [-0.25, -0.2) is 0 Å². The Morgan fingerprint density at radius 1 is 1.56 bits per heavy atom. The second kappa shape index (κ2) is 5.32. The van der Waals surface area contributed by atoms with Crippen molar-refractivity contribution in [1.82, 2.24) is 0 Å². The molecule has 0 aliphatic carbocycles. The topological polar surface area (TPSA) is 81.8 Å². The minimum atomic E-state index is -0.679. The van der Waals surface area contributed by atoms with Crippen LogP contribution in [0.15, 0.2) is 18.2 Å². The lowest BCUT2D eigenvalue weighted by Gasteiger charge is -2.09. The molecule has 1 N–H and O–H groups in total. The van der Waals surface area contributed by atoms with E-state index >= 15 is 0 Å². The number of hydrogen-bond donors (Lipinski definition) is 1. The lowest BCUT2D eigenvalue weighted by atomic mass is 10.3. The number of rotatable bonds is 5. The van der Waals surface area contributed by atoms with E-state index in [1.165, 1.54) is 26.2 Å². The molecule has 0 fully saturated rings. The maximum absolute atomic E-state index is 10.7. The van der Waals surface area contributed by atoms with E-state index in [1.807, 2.05) is 0 Å². The van der Waals surface area contributed by atoms with Crippen molar-refractivity contribution >= 4 is 5.69 Å². The van der Waals surface area contributed by atoms with E-state index in [-0.39, 0.29) is 18.0 Å². The first-order valence-corrected chi connectivity index (χ1v) is 4.68. The van der Waals surface area contributed by atoms with Crippen molar-refractivity contribution in [2.45, 2.75) is 13.0 Å². The second-order valence-electron chi connectivity index (χ2n) is 3.25. The molecular formula is C10H13NO5. The quantitative estimate of drug-likeness (QED) is 0.606. The third-order valence-corrected chi connectivity index (χ3v) is 1.84. The Kier molecular flexibility index (Phi) is 4.07. The molecule has 6 nitrogen and oxygen atoms in total. The molecule has 1 unspecified atom stereocenters. The maximum atomic E-state index is 10.7. The van der Waals surface area contributed by atoms with Gasteiger partial charge in [0.15, 0.2) is 5.75 Å². The molecule has 6 heteroatoms. The first kappa shape index (κ1) is 12.3. The summed E-state index contributed by atoms with van der Waals surface area (Å²) in [7, 11) is 1.43. The van der Waals surface area contributed by atoms with Crippen molar-refractivity contribution in [3.8, 4) is 11.5 Å². The zero-order valence-electron chi connectivity index (χ0n) is 9.04. The highest BCUT2D eigenvalue weighted by atomic mass is 16.6. The van der Waals surface area contributed by atoms with E-state index in [2.05, 4.69) is 0 Å². The first-order valence-electron chi connectivity index (χ1n) is 4.68. The molecular weight excluding hydrogens is 214 g/mol. The summed E-state index contributed by atoms with van der Waals surface area (Å²) in [5, 5.41) is 19.8. The van der Waals surface area contributed by atoms with Crippen LogP contribution in [0, 0.1) is 10.1 Å².